The van der Waals surface area contributed by atoms with E-state index in [1.165, 1.54) is 18.2 Å². The summed E-state index contributed by atoms with van der Waals surface area (Å²) in [6, 6.07) is 11.8. The molecule has 0 saturated carbocycles. The Kier molecular flexibility index (Phi) is 5.06. The number of halogens is 1. The number of carbonyl (C=O) groups excluding carboxylic acids is 1. The number of nitro groups is 1. The lowest BCUT2D eigenvalue weighted by Gasteiger charge is -2.06. The van der Waals surface area contributed by atoms with Crippen molar-refractivity contribution in [3.63, 3.8) is 0 Å². The van der Waals surface area contributed by atoms with Crippen molar-refractivity contribution in [2.75, 3.05) is 5.32 Å². The van der Waals surface area contributed by atoms with E-state index in [-0.39, 0.29) is 11.6 Å². The maximum atomic E-state index is 11.9. The molecule has 0 aliphatic carbocycles. The van der Waals surface area contributed by atoms with E-state index < -0.39 is 4.92 Å². The van der Waals surface area contributed by atoms with Gasteiger partial charge in [0.05, 0.1) is 10.5 Å². The lowest BCUT2D eigenvalue weighted by molar-refractivity contribution is -0.385. The van der Waals surface area contributed by atoms with Crippen LogP contribution in [0.5, 0.6) is 0 Å². The number of amides is 1. The Labute approximate surface area is 135 Å². The molecule has 2 rings (SSSR count). The Balaban J connectivity index is 2.14. The SMILES string of the molecule is Cc1cc(Br)ccc1NC(=O)C=Cc1ccccc1[N+](=O)[O-]. The summed E-state index contributed by atoms with van der Waals surface area (Å²) in [6.45, 7) is 1.88. The van der Waals surface area contributed by atoms with Gasteiger partial charge in [-0.25, -0.2) is 0 Å². The van der Waals surface area contributed by atoms with Crippen LogP contribution < -0.4 is 5.32 Å². The van der Waals surface area contributed by atoms with Crippen molar-refractivity contribution in [3.8, 4) is 0 Å². The highest BCUT2D eigenvalue weighted by molar-refractivity contribution is 9.10. The Morgan fingerprint density at radius 3 is 2.68 bits per heavy atom. The number of nitro benzene ring substituents is 1. The van der Waals surface area contributed by atoms with Crippen LogP contribution in [0.15, 0.2) is 53.0 Å². The van der Waals surface area contributed by atoms with E-state index in [2.05, 4.69) is 21.2 Å². The number of rotatable bonds is 4. The van der Waals surface area contributed by atoms with Gasteiger partial charge in [0.2, 0.25) is 5.91 Å². The molecule has 2 aromatic carbocycles. The van der Waals surface area contributed by atoms with E-state index in [0.717, 1.165) is 10.0 Å². The minimum Gasteiger partial charge on any atom is -0.322 e. The summed E-state index contributed by atoms with van der Waals surface area (Å²) < 4.78 is 0.929. The second-order valence-electron chi connectivity index (χ2n) is 4.60. The molecule has 22 heavy (non-hydrogen) atoms. The molecule has 1 amide bonds. The van der Waals surface area contributed by atoms with Crippen LogP contribution in [0.2, 0.25) is 0 Å². The minimum absolute atomic E-state index is 0.0358. The standard InChI is InChI=1S/C16H13BrN2O3/c1-11-10-13(17)7-8-14(11)18-16(20)9-6-12-4-2-3-5-15(12)19(21)22/h2-10H,1H3,(H,18,20). The van der Waals surface area contributed by atoms with E-state index in [1.54, 1.807) is 24.3 Å². The van der Waals surface area contributed by atoms with Gasteiger partial charge >= 0.3 is 0 Å². The Morgan fingerprint density at radius 1 is 1.27 bits per heavy atom. The van der Waals surface area contributed by atoms with Crippen molar-refractivity contribution in [2.45, 2.75) is 6.92 Å². The quantitative estimate of drug-likeness (QED) is 0.501. The minimum atomic E-state index is -0.476. The van der Waals surface area contributed by atoms with E-state index in [4.69, 9.17) is 0 Å². The molecule has 1 N–H and O–H groups in total. The number of anilines is 1. The van der Waals surface area contributed by atoms with Crippen molar-refractivity contribution >= 4 is 39.3 Å². The lowest BCUT2D eigenvalue weighted by Crippen LogP contribution is -2.08. The fourth-order valence-corrected chi connectivity index (χ4v) is 2.38. The van der Waals surface area contributed by atoms with Gasteiger partial charge in [0.1, 0.15) is 0 Å². The Morgan fingerprint density at radius 2 is 2.00 bits per heavy atom. The summed E-state index contributed by atoms with van der Waals surface area (Å²) in [7, 11) is 0. The fraction of sp³-hybridized carbons (Fsp3) is 0.0625. The fourth-order valence-electron chi connectivity index (χ4n) is 1.90. The average molecular weight is 361 g/mol. The number of carbonyl (C=O) groups is 1. The predicted octanol–water partition coefficient (Wildman–Crippen LogP) is 4.32. The maximum absolute atomic E-state index is 11.9. The highest BCUT2D eigenvalue weighted by Gasteiger charge is 2.10. The van der Waals surface area contributed by atoms with Crippen LogP contribution >= 0.6 is 15.9 Å². The molecule has 5 nitrogen and oxygen atoms in total. The zero-order valence-corrected chi connectivity index (χ0v) is 13.3. The van der Waals surface area contributed by atoms with E-state index in [1.807, 2.05) is 19.1 Å². The van der Waals surface area contributed by atoms with E-state index >= 15 is 0 Å². The van der Waals surface area contributed by atoms with Crippen LogP contribution in [0, 0.1) is 17.0 Å². The molecule has 0 spiro atoms. The van der Waals surface area contributed by atoms with Crippen LogP contribution in [0.1, 0.15) is 11.1 Å². The van der Waals surface area contributed by atoms with Crippen molar-refractivity contribution in [1.29, 1.82) is 0 Å². The smallest absolute Gasteiger partial charge is 0.276 e. The Bertz CT molecular complexity index is 757. The van der Waals surface area contributed by atoms with Crippen LogP contribution in [-0.4, -0.2) is 10.8 Å². The van der Waals surface area contributed by atoms with Gasteiger partial charge in [-0.2, -0.15) is 0 Å². The third-order valence-electron chi connectivity index (χ3n) is 2.99. The van der Waals surface area contributed by atoms with Crippen molar-refractivity contribution < 1.29 is 9.72 Å². The molecule has 0 aliphatic heterocycles. The third-order valence-corrected chi connectivity index (χ3v) is 3.49. The third kappa shape index (κ3) is 4.02. The molecule has 0 aromatic heterocycles. The summed E-state index contributed by atoms with van der Waals surface area (Å²) >= 11 is 3.35. The molecule has 112 valence electrons. The highest BCUT2D eigenvalue weighted by atomic mass is 79.9. The molecule has 0 saturated heterocycles. The van der Waals surface area contributed by atoms with Gasteiger partial charge in [-0.1, -0.05) is 28.1 Å². The topological polar surface area (TPSA) is 72.2 Å². The summed E-state index contributed by atoms with van der Waals surface area (Å²) in [6.07, 6.45) is 2.71. The van der Waals surface area contributed by atoms with Gasteiger partial charge in [-0.3, -0.25) is 14.9 Å². The maximum Gasteiger partial charge on any atom is 0.276 e. The number of para-hydroxylation sites is 1. The van der Waals surface area contributed by atoms with Crippen molar-refractivity contribution in [3.05, 3.63) is 74.3 Å². The van der Waals surface area contributed by atoms with E-state index in [0.29, 0.717) is 11.3 Å². The zero-order chi connectivity index (χ0) is 16.1. The Hall–Kier alpha value is -2.47. The molecular formula is C16H13BrN2O3. The molecule has 6 heteroatoms. The molecule has 0 atom stereocenters. The molecule has 0 heterocycles. The average Bonchev–Trinajstić information content (AvgIpc) is 2.48. The van der Waals surface area contributed by atoms with Crippen LogP contribution in [0.3, 0.4) is 0 Å². The van der Waals surface area contributed by atoms with Gasteiger partial charge in [0.25, 0.3) is 5.69 Å². The molecule has 0 aliphatic rings. The first-order chi connectivity index (χ1) is 10.5. The van der Waals surface area contributed by atoms with Crippen molar-refractivity contribution in [1.82, 2.24) is 0 Å². The van der Waals surface area contributed by atoms with Crippen molar-refractivity contribution in [2.24, 2.45) is 0 Å². The van der Waals surface area contributed by atoms with Crippen LogP contribution in [-0.2, 0) is 4.79 Å². The molecule has 0 bridgehead atoms. The molecule has 0 unspecified atom stereocenters. The summed E-state index contributed by atoms with van der Waals surface area (Å²) in [5, 5.41) is 13.6. The number of nitrogens with zero attached hydrogens (tertiary/aromatic N) is 1. The highest BCUT2D eigenvalue weighted by Crippen LogP contribution is 2.21. The number of aryl methyl sites for hydroxylation is 1. The molecular weight excluding hydrogens is 348 g/mol. The first kappa shape index (κ1) is 15.9. The number of nitrogens with one attached hydrogen (secondary N) is 1. The van der Waals surface area contributed by atoms with Gasteiger partial charge in [0, 0.05) is 22.3 Å². The number of hydrogen-bond donors (Lipinski definition) is 1. The largest absolute Gasteiger partial charge is 0.322 e. The molecule has 0 fully saturated rings. The van der Waals surface area contributed by atoms with Gasteiger partial charge in [-0.05, 0) is 42.8 Å². The number of benzene rings is 2. The van der Waals surface area contributed by atoms with Gasteiger partial charge in [0.15, 0.2) is 0 Å². The second kappa shape index (κ2) is 7.00. The first-order valence-corrected chi connectivity index (χ1v) is 7.25. The van der Waals surface area contributed by atoms with Gasteiger partial charge in [-0.15, -0.1) is 0 Å². The zero-order valence-electron chi connectivity index (χ0n) is 11.7. The van der Waals surface area contributed by atoms with Crippen LogP contribution in [0.25, 0.3) is 6.08 Å². The van der Waals surface area contributed by atoms with Gasteiger partial charge < -0.3 is 5.32 Å². The summed E-state index contributed by atoms with van der Waals surface area (Å²) in [5.41, 5.74) is 1.96. The first-order valence-electron chi connectivity index (χ1n) is 6.46. The summed E-state index contributed by atoms with van der Waals surface area (Å²) in [4.78, 5) is 22.3. The predicted molar refractivity (Wildman–Crippen MR) is 89.6 cm³/mol. The monoisotopic (exact) mass is 360 g/mol. The normalized spacial score (nSPS) is 10.6. The molecule has 2 aromatic rings. The number of hydrogen-bond acceptors (Lipinski definition) is 3. The lowest BCUT2D eigenvalue weighted by atomic mass is 10.1. The van der Waals surface area contributed by atoms with E-state index in [9.17, 15) is 14.9 Å². The molecule has 0 radical (unpaired) electrons. The second-order valence-corrected chi connectivity index (χ2v) is 5.51. The summed E-state index contributed by atoms with van der Waals surface area (Å²) in [5.74, 6) is -0.344. The van der Waals surface area contributed by atoms with Crippen LogP contribution in [0.4, 0.5) is 11.4 Å².